The first-order valence-corrected chi connectivity index (χ1v) is 21.4. The van der Waals surface area contributed by atoms with E-state index in [-0.39, 0.29) is 35.7 Å². The van der Waals surface area contributed by atoms with E-state index >= 15 is 0 Å². The third kappa shape index (κ3) is 8.25. The summed E-state index contributed by atoms with van der Waals surface area (Å²) in [5.74, 6) is -1.50. The van der Waals surface area contributed by atoms with E-state index in [1.54, 1.807) is 23.0 Å². The molecule has 1 aromatic carbocycles. The predicted molar refractivity (Wildman–Crippen MR) is 221 cm³/mol. The van der Waals surface area contributed by atoms with Crippen molar-refractivity contribution in [1.82, 2.24) is 44.4 Å². The van der Waals surface area contributed by atoms with E-state index in [2.05, 4.69) is 52.5 Å². The number of piperazine rings is 1. The number of rotatable bonds is 12. The lowest BCUT2D eigenvalue weighted by Gasteiger charge is -2.38. The van der Waals surface area contributed by atoms with Crippen LogP contribution >= 0.6 is 0 Å². The number of nitrogens with one attached hydrogen (secondary N) is 2. The fourth-order valence-corrected chi connectivity index (χ4v) is 9.44. The van der Waals surface area contributed by atoms with Crippen LogP contribution in [0.5, 0.6) is 0 Å². The molecule has 4 aromatic rings. The molecule has 4 aliphatic heterocycles. The SMILES string of the molecule is CN(CCN1CCN(c2cccc3c2C(=O)N(C2CCC(=O)NC2=O)C3=O)CC1)CC1CCC(n2cc(NC(=O)c3cnn4ccc(N5CCOCC5)nc34)c(C(F)F)n2)CC1. The Labute approximate surface area is 356 Å². The van der Waals surface area contributed by atoms with Gasteiger partial charge in [-0.1, -0.05) is 6.07 Å². The van der Waals surface area contributed by atoms with Crippen molar-refractivity contribution >= 4 is 52.4 Å². The summed E-state index contributed by atoms with van der Waals surface area (Å²) in [5, 5.41) is 13.4. The lowest BCUT2D eigenvalue weighted by molar-refractivity contribution is -0.136. The largest absolute Gasteiger partial charge is 0.378 e. The number of aromatic nitrogens is 5. The number of carbonyl (C=O) groups is 5. The number of morpholine rings is 1. The Morgan fingerprint density at radius 2 is 1.74 bits per heavy atom. The molecule has 0 bridgehead atoms. The van der Waals surface area contributed by atoms with Crippen LogP contribution in [0.1, 0.15) is 87.8 Å². The fraction of sp³-hybridized carbons (Fsp3) is 0.524. The number of fused-ring (bicyclic) bond motifs is 2. The Balaban J connectivity index is 0.744. The van der Waals surface area contributed by atoms with Crippen LogP contribution < -0.4 is 20.4 Å². The maximum absolute atomic E-state index is 14.3. The van der Waals surface area contributed by atoms with Crippen LogP contribution in [-0.2, 0) is 14.3 Å². The molecule has 1 aliphatic carbocycles. The Hall–Kier alpha value is -5.86. The van der Waals surface area contributed by atoms with E-state index in [0.717, 1.165) is 63.3 Å². The van der Waals surface area contributed by atoms with Crippen molar-refractivity contribution in [3.05, 3.63) is 65.2 Å². The normalized spacial score (nSPS) is 22.6. The molecule has 0 radical (unpaired) electrons. The van der Waals surface area contributed by atoms with Gasteiger partial charge in [0.25, 0.3) is 24.1 Å². The van der Waals surface area contributed by atoms with Crippen molar-refractivity contribution in [2.75, 3.05) is 94.3 Å². The van der Waals surface area contributed by atoms with Crippen molar-refractivity contribution in [2.24, 2.45) is 5.92 Å². The number of benzene rings is 1. The lowest BCUT2D eigenvalue weighted by atomic mass is 9.86. The number of hydrogen-bond donors (Lipinski definition) is 2. The summed E-state index contributed by atoms with van der Waals surface area (Å²) >= 11 is 0. The maximum Gasteiger partial charge on any atom is 0.284 e. The van der Waals surface area contributed by atoms with Gasteiger partial charge >= 0.3 is 0 Å². The summed E-state index contributed by atoms with van der Waals surface area (Å²) in [6.45, 7) is 8.04. The van der Waals surface area contributed by atoms with E-state index in [4.69, 9.17) is 4.74 Å². The number of amides is 5. The quantitative estimate of drug-likeness (QED) is 0.199. The van der Waals surface area contributed by atoms with Crippen LogP contribution in [0.2, 0.25) is 0 Å². The van der Waals surface area contributed by atoms with Gasteiger partial charge in [0.15, 0.2) is 11.3 Å². The zero-order valence-electron chi connectivity index (χ0n) is 34.5. The van der Waals surface area contributed by atoms with Gasteiger partial charge in [0.1, 0.15) is 17.4 Å². The molecule has 9 rings (SSSR count). The summed E-state index contributed by atoms with van der Waals surface area (Å²) < 4.78 is 37.0. The molecule has 5 amide bonds. The number of alkyl halides is 2. The molecule has 1 atom stereocenters. The monoisotopic (exact) mass is 856 g/mol. The molecule has 2 N–H and O–H groups in total. The average Bonchev–Trinajstić information content (AvgIpc) is 3.98. The summed E-state index contributed by atoms with van der Waals surface area (Å²) in [6.07, 6.45) is 5.34. The zero-order chi connectivity index (χ0) is 43.1. The topological polar surface area (TPSA) is 183 Å². The number of carbonyl (C=O) groups excluding carboxylic acids is 5. The predicted octanol–water partition coefficient (Wildman–Crippen LogP) is 2.84. The summed E-state index contributed by atoms with van der Waals surface area (Å²) in [6, 6.07) is 5.98. The number of halogens is 2. The van der Waals surface area contributed by atoms with Crippen molar-refractivity contribution < 1.29 is 37.5 Å². The standard InChI is InChI=1S/C42H50F2N12O6/c1-50(13-14-51-15-17-52(18-16-51)31-4-2-3-28-35(31)42(61)56(41(28)60)32-9-10-34(57)48-40(32)59)24-26-5-7-27(8-6-26)55-25-30(36(49-55)37(43)44)46-39(58)29-23-45-54-12-11-33(47-38(29)54)53-19-21-62-22-20-53/h2-4,11-12,23,25-27,32,37H,5-10,13-22,24H2,1H3,(H,46,58)(H,48,57,59). The number of nitrogens with zero attached hydrogens (tertiary/aromatic N) is 10. The molecule has 328 valence electrons. The van der Waals surface area contributed by atoms with Gasteiger partial charge in [0.05, 0.1) is 48.0 Å². The van der Waals surface area contributed by atoms with Crippen molar-refractivity contribution in [3.63, 3.8) is 0 Å². The summed E-state index contributed by atoms with van der Waals surface area (Å²) in [7, 11) is 2.12. The first-order valence-electron chi connectivity index (χ1n) is 21.4. The lowest BCUT2D eigenvalue weighted by Crippen LogP contribution is -2.54. The molecule has 1 unspecified atom stereocenters. The third-order valence-corrected chi connectivity index (χ3v) is 12.9. The first kappa shape index (κ1) is 41.5. The second kappa shape index (κ2) is 17.5. The maximum atomic E-state index is 14.3. The summed E-state index contributed by atoms with van der Waals surface area (Å²) in [5.41, 5.74) is 1.29. The number of imide groups is 2. The highest BCUT2D eigenvalue weighted by atomic mass is 19.3. The van der Waals surface area contributed by atoms with E-state index in [1.165, 1.54) is 16.9 Å². The highest BCUT2D eigenvalue weighted by molar-refractivity contribution is 6.25. The second-order valence-corrected chi connectivity index (χ2v) is 16.8. The molecule has 5 aliphatic rings. The van der Waals surface area contributed by atoms with Gasteiger partial charge in [0, 0.05) is 77.7 Å². The number of likely N-dealkylation sites (N-methyl/N-ethyl adjacent to an activating group) is 1. The minimum atomic E-state index is -2.87. The summed E-state index contributed by atoms with van der Waals surface area (Å²) in [4.78, 5) is 79.3. The molecule has 62 heavy (non-hydrogen) atoms. The Morgan fingerprint density at radius 3 is 2.48 bits per heavy atom. The van der Waals surface area contributed by atoms with Gasteiger partial charge in [-0.25, -0.2) is 18.3 Å². The fourth-order valence-electron chi connectivity index (χ4n) is 9.44. The smallest absolute Gasteiger partial charge is 0.284 e. The Kier molecular flexibility index (Phi) is 11.7. The van der Waals surface area contributed by atoms with Gasteiger partial charge < -0.3 is 24.8 Å². The molecule has 18 nitrogen and oxygen atoms in total. The van der Waals surface area contributed by atoms with E-state index in [1.807, 2.05) is 12.1 Å². The highest BCUT2D eigenvalue weighted by Gasteiger charge is 2.46. The molecule has 1 saturated carbocycles. The second-order valence-electron chi connectivity index (χ2n) is 16.8. The van der Waals surface area contributed by atoms with Crippen LogP contribution in [0.3, 0.4) is 0 Å². The number of piperidine rings is 1. The van der Waals surface area contributed by atoms with Crippen molar-refractivity contribution in [3.8, 4) is 0 Å². The average molecular weight is 857 g/mol. The van der Waals surface area contributed by atoms with Crippen LogP contribution in [0.25, 0.3) is 5.65 Å². The van der Waals surface area contributed by atoms with Gasteiger partial charge in [-0.05, 0) is 63.3 Å². The minimum absolute atomic E-state index is 0.0240. The number of hydrogen-bond acceptors (Lipinski definition) is 13. The zero-order valence-corrected chi connectivity index (χ0v) is 34.5. The Bertz CT molecular complexity index is 2370. The van der Waals surface area contributed by atoms with Gasteiger partial charge in [0.2, 0.25) is 11.8 Å². The third-order valence-electron chi connectivity index (χ3n) is 12.9. The van der Waals surface area contributed by atoms with Gasteiger partial charge in [-0.3, -0.25) is 43.8 Å². The molecule has 3 aromatic heterocycles. The van der Waals surface area contributed by atoms with Crippen LogP contribution in [0.4, 0.5) is 26.0 Å². The number of anilines is 3. The van der Waals surface area contributed by atoms with E-state index in [0.29, 0.717) is 68.0 Å². The molecule has 4 fully saturated rings. The van der Waals surface area contributed by atoms with Crippen molar-refractivity contribution in [2.45, 2.75) is 57.0 Å². The molecular weight excluding hydrogens is 807 g/mol. The van der Waals surface area contributed by atoms with Crippen molar-refractivity contribution in [1.29, 1.82) is 0 Å². The van der Waals surface area contributed by atoms with Gasteiger partial charge in [-0.15, -0.1) is 0 Å². The van der Waals surface area contributed by atoms with Crippen LogP contribution in [-0.4, -0.2) is 154 Å². The van der Waals surface area contributed by atoms with Gasteiger partial charge in [-0.2, -0.15) is 10.2 Å². The highest BCUT2D eigenvalue weighted by Crippen LogP contribution is 2.37. The van der Waals surface area contributed by atoms with Crippen LogP contribution in [0, 0.1) is 5.92 Å². The van der Waals surface area contributed by atoms with E-state index < -0.39 is 47.7 Å². The minimum Gasteiger partial charge on any atom is -0.378 e. The van der Waals surface area contributed by atoms with E-state index in [9.17, 15) is 32.8 Å². The number of ether oxygens (including phenoxy) is 1. The first-order chi connectivity index (χ1) is 30.0. The molecule has 20 heteroatoms. The van der Waals surface area contributed by atoms with Crippen LogP contribution in [0.15, 0.2) is 42.9 Å². The Morgan fingerprint density at radius 1 is 0.968 bits per heavy atom. The molecular formula is C42H50F2N12O6. The molecule has 0 spiro atoms. The molecule has 3 saturated heterocycles. The molecule has 7 heterocycles.